The fraction of sp³-hybridized carbons (Fsp3) is 0.333. The van der Waals surface area contributed by atoms with E-state index in [9.17, 15) is 18.4 Å². The first kappa shape index (κ1) is 27.4. The number of hydrogen-bond donors (Lipinski definition) is 1. The van der Waals surface area contributed by atoms with Gasteiger partial charge in [-0.1, -0.05) is 54.6 Å². The molecule has 0 saturated carbocycles. The van der Waals surface area contributed by atoms with Gasteiger partial charge in [0, 0.05) is 32.1 Å². The van der Waals surface area contributed by atoms with E-state index in [1.54, 1.807) is 24.3 Å². The molecule has 3 aromatic carbocycles. The molecule has 4 rings (SSSR count). The summed E-state index contributed by atoms with van der Waals surface area (Å²) in [5.74, 6) is -3.50. The third-order valence-corrected chi connectivity index (χ3v) is 7.00. The van der Waals surface area contributed by atoms with Gasteiger partial charge in [0.25, 0.3) is 0 Å². The predicted molar refractivity (Wildman–Crippen MR) is 140 cm³/mol. The normalized spacial score (nSPS) is 16.4. The van der Waals surface area contributed by atoms with Gasteiger partial charge in [-0.2, -0.15) is 0 Å². The van der Waals surface area contributed by atoms with Crippen LogP contribution >= 0.6 is 0 Å². The Labute approximate surface area is 221 Å². The Morgan fingerprint density at radius 1 is 0.895 bits per heavy atom. The van der Waals surface area contributed by atoms with Gasteiger partial charge in [-0.15, -0.1) is 0 Å². The highest BCUT2D eigenvalue weighted by Gasteiger charge is 2.29. The van der Waals surface area contributed by atoms with Crippen LogP contribution in [0.15, 0.2) is 78.9 Å². The molecule has 0 radical (unpaired) electrons. The first-order valence-corrected chi connectivity index (χ1v) is 12.8. The molecule has 8 heteroatoms. The van der Waals surface area contributed by atoms with Gasteiger partial charge in [0.2, 0.25) is 0 Å². The van der Waals surface area contributed by atoms with Gasteiger partial charge < -0.3 is 9.84 Å². The summed E-state index contributed by atoms with van der Waals surface area (Å²) in [4.78, 5) is 27.1. The van der Waals surface area contributed by atoms with Gasteiger partial charge in [0.15, 0.2) is 0 Å². The number of ether oxygens (including phenoxy) is 1. The maximum Gasteiger partial charge on any atom is 0.417 e. The minimum Gasteiger partial charge on any atom is -0.473 e. The van der Waals surface area contributed by atoms with Crippen molar-refractivity contribution in [2.45, 2.75) is 31.3 Å². The van der Waals surface area contributed by atoms with Gasteiger partial charge in [0.05, 0.1) is 6.04 Å². The first-order valence-electron chi connectivity index (χ1n) is 12.8. The number of nitrogens with zero attached hydrogens (tertiary/aromatic N) is 2. The molecule has 1 saturated heterocycles. The Kier molecular flexibility index (Phi) is 9.56. The molecule has 200 valence electrons. The molecule has 1 atom stereocenters. The molecule has 1 N–H and O–H groups in total. The summed E-state index contributed by atoms with van der Waals surface area (Å²) < 4.78 is 32.2. The van der Waals surface area contributed by atoms with Crippen LogP contribution in [0.2, 0.25) is 0 Å². The van der Waals surface area contributed by atoms with Crippen molar-refractivity contribution in [2.75, 3.05) is 32.8 Å². The summed E-state index contributed by atoms with van der Waals surface area (Å²) in [6.07, 6.45) is 1.55. The number of hydrogen-bond acceptors (Lipinski definition) is 5. The summed E-state index contributed by atoms with van der Waals surface area (Å²) in [5.41, 5.74) is 3.10. The second kappa shape index (κ2) is 13.3. The minimum absolute atomic E-state index is 0.00419. The monoisotopic (exact) mass is 522 g/mol. The quantitative estimate of drug-likeness (QED) is 0.308. The van der Waals surface area contributed by atoms with Crippen LogP contribution < -0.4 is 0 Å². The Hall–Kier alpha value is -3.62. The van der Waals surface area contributed by atoms with Gasteiger partial charge >= 0.3 is 11.9 Å². The smallest absolute Gasteiger partial charge is 0.417 e. The highest BCUT2D eigenvalue weighted by atomic mass is 19.1. The van der Waals surface area contributed by atoms with Crippen LogP contribution in [0.4, 0.5) is 8.78 Å². The van der Waals surface area contributed by atoms with E-state index < -0.39 is 11.9 Å². The number of esters is 1. The maximum atomic E-state index is 13.6. The number of piperazine rings is 1. The molecule has 0 amide bonds. The first-order chi connectivity index (χ1) is 18.4. The minimum atomic E-state index is -1.60. The number of halogens is 2. The Morgan fingerprint density at radius 3 is 2.08 bits per heavy atom. The van der Waals surface area contributed by atoms with Crippen LogP contribution in [0, 0.1) is 11.6 Å². The fourth-order valence-corrected chi connectivity index (χ4v) is 5.04. The van der Waals surface area contributed by atoms with E-state index in [0.29, 0.717) is 13.1 Å². The lowest BCUT2D eigenvalue weighted by molar-refractivity contribution is -0.165. The molecule has 1 fully saturated rings. The van der Waals surface area contributed by atoms with Gasteiger partial charge in [0.1, 0.15) is 18.2 Å². The number of carbonyl (C=O) groups excluding carboxylic acids is 1. The Morgan fingerprint density at radius 2 is 1.50 bits per heavy atom. The highest BCUT2D eigenvalue weighted by Crippen LogP contribution is 2.30. The van der Waals surface area contributed by atoms with Crippen LogP contribution in [-0.4, -0.2) is 65.7 Å². The van der Waals surface area contributed by atoms with E-state index in [1.165, 1.54) is 29.8 Å². The molecule has 0 spiro atoms. The lowest BCUT2D eigenvalue weighted by Gasteiger charge is -2.41. The molecule has 1 aliphatic rings. The fourth-order valence-electron chi connectivity index (χ4n) is 5.04. The van der Waals surface area contributed by atoms with Crippen LogP contribution in [0.25, 0.3) is 0 Å². The topological polar surface area (TPSA) is 70.1 Å². The molecule has 38 heavy (non-hydrogen) atoms. The molecule has 1 aliphatic heterocycles. The van der Waals surface area contributed by atoms with Crippen molar-refractivity contribution in [3.05, 3.63) is 107 Å². The second-order valence-corrected chi connectivity index (χ2v) is 9.61. The summed E-state index contributed by atoms with van der Waals surface area (Å²) >= 11 is 0. The molecular formula is C30H32F2N2O4. The third kappa shape index (κ3) is 7.69. The lowest BCUT2D eigenvalue weighted by Crippen LogP contribution is -2.55. The Bertz CT molecular complexity index is 1140. The van der Waals surface area contributed by atoms with Crippen LogP contribution in [0.1, 0.15) is 35.4 Å². The lowest BCUT2D eigenvalue weighted by atomic mass is 9.87. The number of carboxylic acid groups (broad SMARTS) is 1. The molecule has 6 nitrogen and oxygen atoms in total. The average Bonchev–Trinajstić information content (AvgIpc) is 2.92. The molecule has 1 unspecified atom stereocenters. The number of rotatable bonds is 10. The van der Waals surface area contributed by atoms with Crippen molar-refractivity contribution in [1.29, 1.82) is 0 Å². The maximum absolute atomic E-state index is 13.6. The molecule has 0 aromatic heterocycles. The molecule has 0 aliphatic carbocycles. The van der Waals surface area contributed by atoms with E-state index in [4.69, 9.17) is 9.84 Å². The van der Waals surface area contributed by atoms with Gasteiger partial charge in [-0.3, -0.25) is 9.80 Å². The predicted octanol–water partition coefficient (Wildman–Crippen LogP) is 4.69. The summed E-state index contributed by atoms with van der Waals surface area (Å²) in [5, 5.41) is 8.93. The average molecular weight is 523 g/mol. The molecule has 0 bridgehead atoms. The van der Waals surface area contributed by atoms with E-state index in [2.05, 4.69) is 21.9 Å². The Balaban J connectivity index is 1.42. The van der Waals surface area contributed by atoms with Crippen molar-refractivity contribution in [3.63, 3.8) is 0 Å². The molecule has 3 aromatic rings. The van der Waals surface area contributed by atoms with E-state index in [1.807, 2.05) is 18.2 Å². The molecular weight excluding hydrogens is 490 g/mol. The zero-order valence-electron chi connectivity index (χ0n) is 21.1. The number of carboxylic acids is 1. The van der Waals surface area contributed by atoms with Crippen LogP contribution in [0.5, 0.6) is 0 Å². The zero-order valence-corrected chi connectivity index (χ0v) is 21.1. The van der Waals surface area contributed by atoms with Crippen molar-refractivity contribution >= 4 is 11.9 Å². The number of aliphatic carboxylic acids is 1. The van der Waals surface area contributed by atoms with E-state index >= 15 is 0 Å². The summed E-state index contributed by atoms with van der Waals surface area (Å²) in [6.45, 7) is 3.69. The standard InChI is InChI=1S/C30H32F2N2O4/c31-25-12-8-23(9-13-25)28(24-10-14-26(32)15-11-24)7-4-16-34-18-17-33(19-22-5-2-1-3-6-22)20-27(34)21-38-30(37)29(35)36/h1-3,5-6,8-15,27-28H,4,7,16-21H2,(H,35,36). The van der Waals surface area contributed by atoms with Crippen LogP contribution in [0.3, 0.4) is 0 Å². The number of carbonyl (C=O) groups is 2. The number of benzene rings is 3. The highest BCUT2D eigenvalue weighted by molar-refractivity contribution is 6.28. The van der Waals surface area contributed by atoms with Crippen molar-refractivity contribution in [3.8, 4) is 0 Å². The van der Waals surface area contributed by atoms with E-state index in [-0.39, 0.29) is 30.2 Å². The summed E-state index contributed by atoms with van der Waals surface area (Å²) in [6, 6.07) is 22.7. The summed E-state index contributed by atoms with van der Waals surface area (Å²) in [7, 11) is 0. The van der Waals surface area contributed by atoms with Crippen molar-refractivity contribution in [2.24, 2.45) is 0 Å². The van der Waals surface area contributed by atoms with Crippen molar-refractivity contribution < 1.29 is 28.2 Å². The van der Waals surface area contributed by atoms with Crippen LogP contribution in [-0.2, 0) is 20.9 Å². The second-order valence-electron chi connectivity index (χ2n) is 9.61. The SMILES string of the molecule is O=C(O)C(=O)OCC1CN(Cc2ccccc2)CCN1CCCC(c1ccc(F)cc1)c1ccc(F)cc1. The molecule has 1 heterocycles. The van der Waals surface area contributed by atoms with Crippen molar-refractivity contribution in [1.82, 2.24) is 9.80 Å². The van der Waals surface area contributed by atoms with Gasteiger partial charge in [-0.05, 0) is 60.3 Å². The van der Waals surface area contributed by atoms with E-state index in [0.717, 1.165) is 43.6 Å². The largest absolute Gasteiger partial charge is 0.473 e. The van der Waals surface area contributed by atoms with Gasteiger partial charge in [-0.25, -0.2) is 18.4 Å². The third-order valence-electron chi connectivity index (χ3n) is 7.00. The zero-order chi connectivity index (χ0) is 26.9.